The van der Waals surface area contributed by atoms with Crippen molar-refractivity contribution in [3.05, 3.63) is 0 Å². The normalized spacial score (nSPS) is 33.9. The number of piperazine rings is 1. The second-order valence-electron chi connectivity index (χ2n) is 4.85. The Kier molecular flexibility index (Phi) is 3.17. The van der Waals surface area contributed by atoms with E-state index < -0.39 is 0 Å². The maximum atomic E-state index is 12.0. The third-order valence-electron chi connectivity index (χ3n) is 3.58. The van der Waals surface area contributed by atoms with Crippen molar-refractivity contribution in [2.24, 2.45) is 5.92 Å². The van der Waals surface area contributed by atoms with Crippen LogP contribution in [-0.2, 0) is 9.59 Å². The minimum absolute atomic E-state index is 0.00593. The van der Waals surface area contributed by atoms with E-state index in [4.69, 9.17) is 0 Å². The quantitative estimate of drug-likeness (QED) is 0.771. The third-order valence-corrected chi connectivity index (χ3v) is 3.58. The van der Waals surface area contributed by atoms with Crippen molar-refractivity contribution in [2.75, 3.05) is 6.54 Å². The maximum absolute atomic E-state index is 12.0. The molecule has 1 saturated heterocycles. The Balaban J connectivity index is 1.98. The van der Waals surface area contributed by atoms with Crippen molar-refractivity contribution in [2.45, 2.75) is 51.6 Å². The molecule has 0 aromatic rings. The van der Waals surface area contributed by atoms with E-state index in [0.29, 0.717) is 18.4 Å². The Morgan fingerprint density at radius 1 is 1.38 bits per heavy atom. The van der Waals surface area contributed by atoms with Gasteiger partial charge in [0.15, 0.2) is 0 Å². The van der Waals surface area contributed by atoms with Gasteiger partial charge in [-0.05, 0) is 25.2 Å². The first-order chi connectivity index (χ1) is 7.67. The molecule has 2 rings (SSSR count). The Bertz CT molecular complexity index is 303. The molecule has 1 aliphatic carbocycles. The summed E-state index contributed by atoms with van der Waals surface area (Å²) in [6, 6.07) is 0.0525. The fraction of sp³-hybridized carbons (Fsp3) is 0.833. The van der Waals surface area contributed by atoms with Gasteiger partial charge in [-0.1, -0.05) is 20.3 Å². The second-order valence-corrected chi connectivity index (χ2v) is 4.85. The van der Waals surface area contributed by atoms with Crippen LogP contribution in [0.15, 0.2) is 0 Å². The van der Waals surface area contributed by atoms with Crippen LogP contribution in [-0.4, -0.2) is 35.3 Å². The summed E-state index contributed by atoms with van der Waals surface area (Å²) in [5, 5.41) is 2.75. The summed E-state index contributed by atoms with van der Waals surface area (Å²) in [4.78, 5) is 25.3. The van der Waals surface area contributed by atoms with E-state index in [9.17, 15) is 9.59 Å². The first kappa shape index (κ1) is 11.4. The summed E-state index contributed by atoms with van der Waals surface area (Å²) in [5.74, 6) is 0.747. The molecule has 4 nitrogen and oxygen atoms in total. The van der Waals surface area contributed by atoms with Gasteiger partial charge in [-0.3, -0.25) is 9.59 Å². The average molecular weight is 224 g/mol. The molecule has 3 unspecified atom stereocenters. The molecule has 1 N–H and O–H groups in total. The van der Waals surface area contributed by atoms with Gasteiger partial charge in [0.1, 0.15) is 6.04 Å². The van der Waals surface area contributed by atoms with Gasteiger partial charge in [0, 0.05) is 6.04 Å². The number of amides is 2. The molecule has 2 aliphatic rings. The minimum Gasteiger partial charge on any atom is -0.343 e. The Morgan fingerprint density at radius 3 is 2.75 bits per heavy atom. The molecule has 2 fully saturated rings. The highest BCUT2D eigenvalue weighted by molar-refractivity contribution is 5.95. The fourth-order valence-electron chi connectivity index (χ4n) is 2.59. The van der Waals surface area contributed by atoms with E-state index in [1.54, 1.807) is 4.90 Å². The Labute approximate surface area is 96.4 Å². The van der Waals surface area contributed by atoms with Crippen molar-refractivity contribution in [3.63, 3.8) is 0 Å². The molecule has 0 aromatic heterocycles. The zero-order valence-electron chi connectivity index (χ0n) is 10.0. The lowest BCUT2D eigenvalue weighted by atomic mass is 10.1. The van der Waals surface area contributed by atoms with E-state index in [1.165, 1.54) is 6.42 Å². The van der Waals surface area contributed by atoms with Crippen LogP contribution in [0.5, 0.6) is 0 Å². The topological polar surface area (TPSA) is 49.4 Å². The summed E-state index contributed by atoms with van der Waals surface area (Å²) < 4.78 is 0. The van der Waals surface area contributed by atoms with Crippen LogP contribution in [0.25, 0.3) is 0 Å². The molecule has 2 amide bonds. The van der Waals surface area contributed by atoms with Crippen LogP contribution < -0.4 is 5.32 Å². The highest BCUT2D eigenvalue weighted by Gasteiger charge is 2.46. The molecular formula is C12H20N2O2. The standard InChI is InChI=1S/C12H20N2O2/c1-3-5-8-6-10(8)14-7-11(15)13-9(4-2)12(14)16/h8-10H,3-7H2,1-2H3,(H,13,15). The zero-order chi connectivity index (χ0) is 11.7. The molecule has 16 heavy (non-hydrogen) atoms. The molecule has 0 spiro atoms. The summed E-state index contributed by atoms with van der Waals surface area (Å²) >= 11 is 0. The van der Waals surface area contributed by atoms with Gasteiger partial charge >= 0.3 is 0 Å². The van der Waals surface area contributed by atoms with E-state index in [0.717, 1.165) is 12.8 Å². The largest absolute Gasteiger partial charge is 0.343 e. The molecule has 1 aliphatic heterocycles. The molecule has 0 bridgehead atoms. The number of hydrogen-bond acceptors (Lipinski definition) is 2. The molecule has 3 atom stereocenters. The minimum atomic E-state index is -0.288. The highest BCUT2D eigenvalue weighted by Crippen LogP contribution is 2.40. The highest BCUT2D eigenvalue weighted by atomic mass is 16.2. The fourth-order valence-corrected chi connectivity index (χ4v) is 2.59. The van der Waals surface area contributed by atoms with E-state index in [-0.39, 0.29) is 24.4 Å². The van der Waals surface area contributed by atoms with Gasteiger partial charge in [0.05, 0.1) is 6.54 Å². The van der Waals surface area contributed by atoms with Crippen molar-refractivity contribution >= 4 is 11.8 Å². The predicted molar refractivity (Wildman–Crippen MR) is 60.7 cm³/mol. The monoisotopic (exact) mass is 224 g/mol. The first-order valence-corrected chi connectivity index (χ1v) is 6.27. The van der Waals surface area contributed by atoms with Crippen LogP contribution in [0.4, 0.5) is 0 Å². The Morgan fingerprint density at radius 2 is 2.12 bits per heavy atom. The van der Waals surface area contributed by atoms with Crippen molar-refractivity contribution in [3.8, 4) is 0 Å². The van der Waals surface area contributed by atoms with Crippen molar-refractivity contribution < 1.29 is 9.59 Å². The van der Waals surface area contributed by atoms with Gasteiger partial charge in [-0.25, -0.2) is 0 Å². The van der Waals surface area contributed by atoms with Crippen LogP contribution in [0, 0.1) is 5.92 Å². The molecular weight excluding hydrogens is 204 g/mol. The van der Waals surface area contributed by atoms with Crippen LogP contribution in [0.1, 0.15) is 39.5 Å². The number of rotatable bonds is 4. The van der Waals surface area contributed by atoms with Gasteiger partial charge in [-0.15, -0.1) is 0 Å². The number of nitrogens with zero attached hydrogens (tertiary/aromatic N) is 1. The average Bonchev–Trinajstić information content (AvgIpc) is 3.01. The molecule has 90 valence electrons. The van der Waals surface area contributed by atoms with E-state index in [2.05, 4.69) is 12.2 Å². The van der Waals surface area contributed by atoms with E-state index >= 15 is 0 Å². The lowest BCUT2D eigenvalue weighted by Gasteiger charge is -2.32. The summed E-state index contributed by atoms with van der Waals surface area (Å²) in [6.45, 7) is 4.36. The van der Waals surface area contributed by atoms with Crippen molar-refractivity contribution in [1.29, 1.82) is 0 Å². The van der Waals surface area contributed by atoms with Gasteiger partial charge in [0.25, 0.3) is 0 Å². The number of hydrogen-bond donors (Lipinski definition) is 1. The first-order valence-electron chi connectivity index (χ1n) is 6.27. The van der Waals surface area contributed by atoms with Crippen LogP contribution >= 0.6 is 0 Å². The zero-order valence-corrected chi connectivity index (χ0v) is 10.0. The lowest BCUT2D eigenvalue weighted by Crippen LogP contribution is -2.58. The van der Waals surface area contributed by atoms with Crippen LogP contribution in [0.2, 0.25) is 0 Å². The van der Waals surface area contributed by atoms with Gasteiger partial charge in [-0.2, -0.15) is 0 Å². The molecule has 1 saturated carbocycles. The molecule has 4 heteroatoms. The third kappa shape index (κ3) is 2.06. The Hall–Kier alpha value is -1.06. The van der Waals surface area contributed by atoms with Crippen molar-refractivity contribution in [1.82, 2.24) is 10.2 Å². The second kappa shape index (κ2) is 4.44. The molecule has 0 aromatic carbocycles. The summed E-state index contributed by atoms with van der Waals surface area (Å²) in [5.41, 5.74) is 0. The number of nitrogens with one attached hydrogen (secondary N) is 1. The maximum Gasteiger partial charge on any atom is 0.245 e. The lowest BCUT2D eigenvalue weighted by molar-refractivity contribution is -0.145. The summed E-state index contributed by atoms with van der Waals surface area (Å²) in [7, 11) is 0. The summed E-state index contributed by atoms with van der Waals surface area (Å²) in [6.07, 6.45) is 4.11. The SMILES string of the molecule is CCCC1CC1N1CC(=O)NC(CC)C1=O. The number of carbonyl (C=O) groups excluding carboxylic acids is 2. The smallest absolute Gasteiger partial charge is 0.245 e. The predicted octanol–water partition coefficient (Wildman–Crippen LogP) is 0.912. The van der Waals surface area contributed by atoms with Crippen LogP contribution in [0.3, 0.4) is 0 Å². The van der Waals surface area contributed by atoms with E-state index in [1.807, 2.05) is 6.92 Å². The number of carbonyl (C=O) groups is 2. The molecule has 0 radical (unpaired) electrons. The molecule has 1 heterocycles. The van der Waals surface area contributed by atoms with Gasteiger partial charge < -0.3 is 10.2 Å². The van der Waals surface area contributed by atoms with Gasteiger partial charge in [0.2, 0.25) is 11.8 Å².